The molecular formula is C18H14BrFN4O5. The van der Waals surface area contributed by atoms with Gasteiger partial charge < -0.3 is 10.6 Å². The zero-order valence-electron chi connectivity index (χ0n) is 14.9. The number of non-ortho nitro benzene ring substituents is 1. The van der Waals surface area contributed by atoms with Crippen LogP contribution in [0.25, 0.3) is 0 Å². The molecule has 4 amide bonds. The molecule has 2 N–H and O–H groups in total. The molecule has 0 radical (unpaired) electrons. The summed E-state index contributed by atoms with van der Waals surface area (Å²) < 4.78 is 14.5. The van der Waals surface area contributed by atoms with Crippen LogP contribution in [0.3, 0.4) is 0 Å². The van der Waals surface area contributed by atoms with Crippen LogP contribution in [-0.2, 0) is 15.1 Å². The molecule has 1 atom stereocenters. The average Bonchev–Trinajstić information content (AvgIpc) is 2.87. The number of nitrogens with zero attached hydrogens (tertiary/aromatic N) is 2. The molecule has 2 aromatic carbocycles. The van der Waals surface area contributed by atoms with Crippen LogP contribution < -0.4 is 10.6 Å². The zero-order valence-corrected chi connectivity index (χ0v) is 16.5. The van der Waals surface area contributed by atoms with Gasteiger partial charge in [-0.05, 0) is 30.7 Å². The predicted octanol–water partition coefficient (Wildman–Crippen LogP) is 2.90. The van der Waals surface area contributed by atoms with Crippen LogP contribution in [0.5, 0.6) is 0 Å². The lowest BCUT2D eigenvalue weighted by Crippen LogP contribution is -2.42. The van der Waals surface area contributed by atoms with Crippen molar-refractivity contribution in [2.75, 3.05) is 11.9 Å². The molecule has 9 nitrogen and oxygen atoms in total. The third kappa shape index (κ3) is 3.94. The van der Waals surface area contributed by atoms with Crippen molar-refractivity contribution in [1.82, 2.24) is 10.2 Å². The maximum atomic E-state index is 13.8. The number of amides is 4. The largest absolute Gasteiger partial charge is 0.325 e. The Labute approximate surface area is 172 Å². The lowest BCUT2D eigenvalue weighted by Gasteiger charge is -2.22. The number of rotatable bonds is 5. The van der Waals surface area contributed by atoms with Gasteiger partial charge in [0.05, 0.1) is 10.6 Å². The molecule has 11 heteroatoms. The Hall–Kier alpha value is -3.34. The Bertz CT molecular complexity index is 1050. The number of hydrogen-bond acceptors (Lipinski definition) is 5. The third-order valence-corrected chi connectivity index (χ3v) is 4.91. The molecule has 3 rings (SSSR count). The molecule has 0 bridgehead atoms. The Kier molecular flexibility index (Phi) is 5.33. The number of benzene rings is 2. The molecule has 1 saturated heterocycles. The minimum atomic E-state index is -1.38. The highest BCUT2D eigenvalue weighted by Crippen LogP contribution is 2.30. The van der Waals surface area contributed by atoms with E-state index in [1.807, 2.05) is 0 Å². The summed E-state index contributed by atoms with van der Waals surface area (Å²) in [5, 5.41) is 15.5. The Balaban J connectivity index is 1.78. The van der Waals surface area contributed by atoms with Gasteiger partial charge in [0.25, 0.3) is 11.6 Å². The molecule has 2 aromatic rings. The number of halogens is 2. The highest BCUT2D eigenvalue weighted by atomic mass is 79.9. The molecule has 1 aliphatic heterocycles. The van der Waals surface area contributed by atoms with Crippen molar-refractivity contribution in [2.45, 2.75) is 12.5 Å². The van der Waals surface area contributed by atoms with Gasteiger partial charge in [0.1, 0.15) is 17.9 Å². The van der Waals surface area contributed by atoms with Gasteiger partial charge in [-0.1, -0.05) is 28.1 Å². The summed E-state index contributed by atoms with van der Waals surface area (Å²) in [7, 11) is 0. The van der Waals surface area contributed by atoms with Gasteiger partial charge in [-0.25, -0.2) is 9.18 Å². The van der Waals surface area contributed by atoms with Gasteiger partial charge >= 0.3 is 6.03 Å². The topological polar surface area (TPSA) is 122 Å². The SMILES string of the molecule is C[C@]1(c2cccc(Br)c2)NC(=O)N(CC(=O)Nc2cc([N+](=O)[O-])ccc2F)C1=O. The molecule has 1 fully saturated rings. The Morgan fingerprint density at radius 2 is 2.03 bits per heavy atom. The summed E-state index contributed by atoms with van der Waals surface area (Å²) in [5.41, 5.74) is -1.71. The van der Waals surface area contributed by atoms with Crippen LogP contribution in [0.4, 0.5) is 20.6 Å². The molecule has 1 aliphatic rings. The lowest BCUT2D eigenvalue weighted by molar-refractivity contribution is -0.384. The van der Waals surface area contributed by atoms with E-state index in [-0.39, 0.29) is 0 Å². The molecule has 0 aromatic heterocycles. The van der Waals surface area contributed by atoms with Crippen molar-refractivity contribution >= 4 is 45.2 Å². The second-order valence-electron chi connectivity index (χ2n) is 6.43. The van der Waals surface area contributed by atoms with Crippen LogP contribution in [0.2, 0.25) is 0 Å². The molecule has 1 heterocycles. The van der Waals surface area contributed by atoms with Crippen LogP contribution in [0, 0.1) is 15.9 Å². The van der Waals surface area contributed by atoms with Gasteiger partial charge in [-0.2, -0.15) is 0 Å². The minimum absolute atomic E-state index is 0.418. The first-order chi connectivity index (χ1) is 13.6. The lowest BCUT2D eigenvalue weighted by atomic mass is 9.92. The van der Waals surface area contributed by atoms with Crippen LogP contribution >= 0.6 is 15.9 Å². The first-order valence-electron chi connectivity index (χ1n) is 8.26. The van der Waals surface area contributed by atoms with Crippen molar-refractivity contribution in [2.24, 2.45) is 0 Å². The normalized spacial score (nSPS) is 18.5. The molecular weight excluding hydrogens is 451 g/mol. The first kappa shape index (κ1) is 20.4. The van der Waals surface area contributed by atoms with E-state index in [1.165, 1.54) is 6.92 Å². The van der Waals surface area contributed by atoms with Crippen molar-refractivity contribution in [1.29, 1.82) is 0 Å². The standard InChI is InChI=1S/C18H14BrFN4O5/c1-18(10-3-2-4-11(19)7-10)16(26)23(17(27)22-18)9-15(25)21-14-8-12(24(28)29)5-6-13(14)20/h2-8H,9H2,1H3,(H,21,25)(H,22,27)/t18-/m1/s1. The number of urea groups is 1. The minimum Gasteiger partial charge on any atom is -0.322 e. The summed E-state index contributed by atoms with van der Waals surface area (Å²) in [6.45, 7) is 0.823. The van der Waals surface area contributed by atoms with E-state index in [4.69, 9.17) is 0 Å². The number of imide groups is 1. The molecule has 150 valence electrons. The van der Waals surface area contributed by atoms with E-state index in [9.17, 15) is 28.9 Å². The van der Waals surface area contributed by atoms with E-state index in [1.54, 1.807) is 24.3 Å². The average molecular weight is 465 g/mol. The van der Waals surface area contributed by atoms with Crippen molar-refractivity contribution < 1.29 is 23.7 Å². The van der Waals surface area contributed by atoms with Gasteiger partial charge in [0, 0.05) is 16.6 Å². The maximum absolute atomic E-state index is 13.8. The van der Waals surface area contributed by atoms with Crippen molar-refractivity contribution in [3.05, 3.63) is 68.4 Å². The first-order valence-corrected chi connectivity index (χ1v) is 9.05. The number of nitrogens with one attached hydrogen (secondary N) is 2. The van der Waals surface area contributed by atoms with E-state index in [0.29, 0.717) is 14.9 Å². The zero-order chi connectivity index (χ0) is 21.3. The summed E-state index contributed by atoms with van der Waals surface area (Å²) >= 11 is 3.30. The van der Waals surface area contributed by atoms with Gasteiger partial charge in [-0.15, -0.1) is 0 Å². The Morgan fingerprint density at radius 1 is 1.31 bits per heavy atom. The Morgan fingerprint density at radius 3 is 2.69 bits per heavy atom. The highest BCUT2D eigenvalue weighted by Gasteiger charge is 2.49. The van der Waals surface area contributed by atoms with Crippen molar-refractivity contribution in [3.63, 3.8) is 0 Å². The summed E-state index contributed by atoms with van der Waals surface area (Å²) in [6, 6.07) is 8.64. The van der Waals surface area contributed by atoms with Gasteiger partial charge in [-0.3, -0.25) is 24.6 Å². The fraction of sp³-hybridized carbons (Fsp3) is 0.167. The number of carbonyl (C=O) groups is 3. The van der Waals surface area contributed by atoms with E-state index < -0.39 is 52.0 Å². The summed E-state index contributed by atoms with van der Waals surface area (Å²) in [6.07, 6.45) is 0. The number of anilines is 1. The molecule has 0 spiro atoms. The molecule has 0 unspecified atom stereocenters. The molecule has 29 heavy (non-hydrogen) atoms. The van der Waals surface area contributed by atoms with E-state index in [2.05, 4.69) is 26.6 Å². The summed E-state index contributed by atoms with van der Waals surface area (Å²) in [4.78, 5) is 48.2. The predicted molar refractivity (Wildman–Crippen MR) is 103 cm³/mol. The second-order valence-corrected chi connectivity index (χ2v) is 7.34. The number of hydrogen-bond donors (Lipinski definition) is 2. The van der Waals surface area contributed by atoms with E-state index in [0.717, 1.165) is 18.2 Å². The van der Waals surface area contributed by atoms with Gasteiger partial charge in [0.15, 0.2) is 0 Å². The number of carbonyl (C=O) groups excluding carboxylic acids is 3. The van der Waals surface area contributed by atoms with E-state index >= 15 is 0 Å². The monoisotopic (exact) mass is 464 g/mol. The fourth-order valence-corrected chi connectivity index (χ4v) is 3.29. The maximum Gasteiger partial charge on any atom is 0.325 e. The van der Waals surface area contributed by atoms with Gasteiger partial charge in [0.2, 0.25) is 5.91 Å². The molecule has 0 aliphatic carbocycles. The van der Waals surface area contributed by atoms with Crippen molar-refractivity contribution in [3.8, 4) is 0 Å². The fourth-order valence-electron chi connectivity index (χ4n) is 2.89. The van der Waals surface area contributed by atoms with Crippen LogP contribution in [0.15, 0.2) is 46.9 Å². The number of nitro benzene ring substituents is 1. The second kappa shape index (κ2) is 7.59. The smallest absolute Gasteiger partial charge is 0.322 e. The van der Waals surface area contributed by atoms with Crippen LogP contribution in [0.1, 0.15) is 12.5 Å². The quantitative estimate of drug-likeness (QED) is 0.400. The summed E-state index contributed by atoms with van der Waals surface area (Å²) in [5.74, 6) is -2.43. The molecule has 0 saturated carbocycles. The highest BCUT2D eigenvalue weighted by molar-refractivity contribution is 9.10. The number of nitro groups is 1. The van der Waals surface area contributed by atoms with Crippen LogP contribution in [-0.4, -0.2) is 34.2 Å². The third-order valence-electron chi connectivity index (χ3n) is 4.41.